The zero-order chi connectivity index (χ0) is 48.2. The molecule has 3 aliphatic carbocycles. The summed E-state index contributed by atoms with van der Waals surface area (Å²) in [7, 11) is 0. The van der Waals surface area contributed by atoms with Crippen molar-refractivity contribution < 1.29 is 1.37 Å². The average Bonchev–Trinajstić information content (AvgIpc) is 4.06. The predicted octanol–water partition coefficient (Wildman–Crippen LogP) is 17.9. The third-order valence-electron chi connectivity index (χ3n) is 15.6. The summed E-state index contributed by atoms with van der Waals surface area (Å²) in [5.41, 5.74) is 28.0. The van der Waals surface area contributed by atoms with E-state index >= 15 is 0 Å². The molecule has 3 aliphatic rings. The second-order valence-corrected chi connectivity index (χ2v) is 19.5. The van der Waals surface area contributed by atoms with Crippen LogP contribution in [0, 0.1) is 0 Å². The molecule has 3 aromatic heterocycles. The molecular formula is C68H46N4. The fourth-order valence-electron chi connectivity index (χ4n) is 12.5. The molecule has 9 aromatic carbocycles. The Kier molecular flexibility index (Phi) is 9.01. The van der Waals surface area contributed by atoms with Gasteiger partial charge in [0, 0.05) is 42.2 Å². The minimum atomic E-state index is -0.759. The Morgan fingerprint density at radius 1 is 0.361 bits per heavy atom. The predicted molar refractivity (Wildman–Crippen MR) is 297 cm³/mol. The Morgan fingerprint density at radius 2 is 0.819 bits per heavy atom. The average molecular weight is 920 g/mol. The van der Waals surface area contributed by atoms with Crippen molar-refractivity contribution in [1.82, 2.24) is 19.5 Å². The summed E-state index contributed by atoms with van der Waals surface area (Å²) in [6.45, 7) is 0. The number of fused-ring (bicyclic) bond motifs is 19. The Bertz CT molecular complexity index is 4190. The summed E-state index contributed by atoms with van der Waals surface area (Å²) >= 11 is 0. The molecule has 3 heterocycles. The summed E-state index contributed by atoms with van der Waals surface area (Å²) in [5, 5.41) is 1.08. The highest BCUT2D eigenvalue weighted by atomic mass is 15.1. The van der Waals surface area contributed by atoms with Crippen LogP contribution < -0.4 is 0 Å². The van der Waals surface area contributed by atoms with Crippen molar-refractivity contribution in [2.24, 2.45) is 0 Å². The molecule has 0 N–H and O–H groups in total. The van der Waals surface area contributed by atoms with Crippen LogP contribution in [0.25, 0.3) is 139 Å². The highest BCUT2D eigenvalue weighted by Gasteiger charge is 2.29. The molecule has 0 radical (unpaired) electrons. The van der Waals surface area contributed by atoms with Gasteiger partial charge in [-0.2, -0.15) is 0 Å². The number of hydrogen-bond acceptors (Lipinski definition) is 3. The van der Waals surface area contributed by atoms with Crippen LogP contribution in [0.15, 0.2) is 225 Å². The zero-order valence-electron chi connectivity index (χ0n) is 40.5. The molecule has 4 nitrogen and oxygen atoms in total. The van der Waals surface area contributed by atoms with E-state index in [1.165, 1.54) is 61.2 Å². The lowest BCUT2D eigenvalue weighted by molar-refractivity contribution is 0.727. The Morgan fingerprint density at radius 3 is 1.44 bits per heavy atom. The van der Waals surface area contributed by atoms with Gasteiger partial charge in [-0.25, -0.2) is 4.98 Å². The van der Waals surface area contributed by atoms with Gasteiger partial charge in [0.25, 0.3) is 0 Å². The number of benzene rings is 9. The molecule has 12 aromatic rings. The van der Waals surface area contributed by atoms with Gasteiger partial charge in [-0.1, -0.05) is 183 Å². The molecule has 0 unspecified atom stereocenters. The van der Waals surface area contributed by atoms with Crippen molar-refractivity contribution >= 4 is 22.1 Å². The molecule has 0 amide bonds. The van der Waals surface area contributed by atoms with E-state index in [0.717, 1.165) is 109 Å². The second kappa shape index (κ2) is 16.3. The standard InChI is InChI=1S/C68H46N4/c1-2-16-42(15-1)65-46(26-13-27-47(65)44-31-34-57-59-28-14-36-69-66(59)58-24-10-9-20-51(58)50-19-5-7-22-53(50)62(57)40-44)43-30-33-55-56-35-32-45(72-64-29-12-11-25-60(64)67-68(72)71-38-37-70-67)41-63(56)54-23-8-4-18-49(54)48-17-3-6-21-52(48)61(55)39-43/h3-14,17-42H,1-2,15-16H2/i42D. The lowest BCUT2D eigenvalue weighted by Gasteiger charge is -2.26. The monoisotopic (exact) mass is 919 g/mol. The van der Waals surface area contributed by atoms with E-state index in [-0.39, 0.29) is 0 Å². The fourth-order valence-corrected chi connectivity index (χ4v) is 12.5. The van der Waals surface area contributed by atoms with Crippen LogP contribution in [0.1, 0.15) is 38.5 Å². The Balaban J connectivity index is 0.943. The van der Waals surface area contributed by atoms with Crippen LogP contribution >= 0.6 is 0 Å². The summed E-state index contributed by atoms with van der Waals surface area (Å²) < 4.78 is 12.7. The van der Waals surface area contributed by atoms with Crippen molar-refractivity contribution in [3.8, 4) is 117 Å². The molecule has 15 rings (SSSR count). The SMILES string of the molecule is [2H]C1(c2c(-c3ccc4c(c3)-c3ccccc3-c3ccccc3-c3cc(-n5c6ccccc6c6nccnc65)ccc3-4)cccc2-c2ccc3c(c2)-c2ccccc2-c2ccccc2-c2ncccc2-3)CCCC1. The van der Waals surface area contributed by atoms with Gasteiger partial charge in [-0.15, -0.1) is 0 Å². The maximum Gasteiger partial charge on any atom is 0.164 e. The van der Waals surface area contributed by atoms with E-state index < -0.39 is 5.89 Å². The minimum absolute atomic E-state index is 0.759. The molecule has 0 aliphatic heterocycles. The van der Waals surface area contributed by atoms with E-state index in [1.54, 1.807) is 12.4 Å². The molecule has 1 fully saturated rings. The highest BCUT2D eigenvalue weighted by Crippen LogP contribution is 2.53. The number of hydrogen-bond donors (Lipinski definition) is 0. The molecule has 0 atom stereocenters. The summed E-state index contributed by atoms with van der Waals surface area (Å²) in [6.07, 6.45) is 9.18. The van der Waals surface area contributed by atoms with Crippen LogP contribution in [-0.2, 0) is 0 Å². The van der Waals surface area contributed by atoms with E-state index in [0.29, 0.717) is 0 Å². The number of para-hydroxylation sites is 1. The van der Waals surface area contributed by atoms with Crippen LogP contribution in [-0.4, -0.2) is 19.5 Å². The number of nitrogens with zero attached hydrogens (tertiary/aromatic N) is 4. The van der Waals surface area contributed by atoms with Crippen molar-refractivity contribution in [2.45, 2.75) is 31.6 Å². The van der Waals surface area contributed by atoms with Crippen LogP contribution in [0.5, 0.6) is 0 Å². The van der Waals surface area contributed by atoms with Crippen molar-refractivity contribution in [3.63, 3.8) is 0 Å². The smallest absolute Gasteiger partial charge is 0.164 e. The first kappa shape index (κ1) is 39.8. The lowest BCUT2D eigenvalue weighted by Crippen LogP contribution is -2.02. The van der Waals surface area contributed by atoms with Gasteiger partial charge in [-0.3, -0.25) is 14.5 Å². The van der Waals surface area contributed by atoms with E-state index in [4.69, 9.17) is 15.0 Å². The molecule has 1 saturated carbocycles. The first-order chi connectivity index (χ1) is 36.1. The minimum Gasteiger partial charge on any atom is -0.293 e. The maximum atomic E-state index is 10.5. The van der Waals surface area contributed by atoms with E-state index in [1.807, 2.05) is 6.20 Å². The number of rotatable bonds is 4. The molecular weight excluding hydrogens is 873 g/mol. The largest absolute Gasteiger partial charge is 0.293 e. The van der Waals surface area contributed by atoms with Crippen LogP contribution in [0.3, 0.4) is 0 Å². The van der Waals surface area contributed by atoms with Gasteiger partial charge >= 0.3 is 0 Å². The van der Waals surface area contributed by atoms with Gasteiger partial charge in [0.1, 0.15) is 5.52 Å². The molecule has 0 spiro atoms. The number of pyridine rings is 1. The van der Waals surface area contributed by atoms with Gasteiger partial charge in [0.2, 0.25) is 0 Å². The van der Waals surface area contributed by atoms with Gasteiger partial charge in [0.15, 0.2) is 5.65 Å². The van der Waals surface area contributed by atoms with Crippen molar-refractivity contribution in [1.29, 1.82) is 0 Å². The third-order valence-corrected chi connectivity index (χ3v) is 15.6. The zero-order valence-corrected chi connectivity index (χ0v) is 39.5. The van der Waals surface area contributed by atoms with E-state index in [2.05, 4.69) is 211 Å². The third kappa shape index (κ3) is 6.22. The first-order valence-corrected chi connectivity index (χ1v) is 25.2. The molecule has 0 saturated heterocycles. The molecule has 0 bridgehead atoms. The second-order valence-electron chi connectivity index (χ2n) is 19.5. The van der Waals surface area contributed by atoms with E-state index in [9.17, 15) is 1.37 Å². The lowest BCUT2D eigenvalue weighted by atomic mass is 9.78. The summed E-state index contributed by atoms with van der Waals surface area (Å²) in [5.74, 6) is -0.759. The van der Waals surface area contributed by atoms with Gasteiger partial charge < -0.3 is 0 Å². The normalized spacial score (nSPS) is 13.9. The molecule has 338 valence electrons. The number of aromatic nitrogens is 4. The topological polar surface area (TPSA) is 43.6 Å². The quantitative estimate of drug-likeness (QED) is 0.177. The van der Waals surface area contributed by atoms with Crippen LogP contribution in [0.2, 0.25) is 0 Å². The summed E-state index contributed by atoms with van der Waals surface area (Å²) in [6, 6.07) is 75.7. The van der Waals surface area contributed by atoms with Gasteiger partial charge in [0.05, 0.1) is 11.2 Å². The van der Waals surface area contributed by atoms with Crippen molar-refractivity contribution in [3.05, 3.63) is 230 Å². The van der Waals surface area contributed by atoms with Crippen molar-refractivity contribution in [2.75, 3.05) is 0 Å². The summed E-state index contributed by atoms with van der Waals surface area (Å²) in [4.78, 5) is 14.7. The van der Waals surface area contributed by atoms with Crippen LogP contribution in [0.4, 0.5) is 0 Å². The molecule has 4 heteroatoms. The Hall–Kier alpha value is -8.99. The Labute approximate surface area is 420 Å². The highest BCUT2D eigenvalue weighted by molar-refractivity contribution is 6.08. The maximum absolute atomic E-state index is 10.5. The first-order valence-electron chi connectivity index (χ1n) is 25.7. The molecule has 72 heavy (non-hydrogen) atoms. The van der Waals surface area contributed by atoms with Gasteiger partial charge in [-0.05, 0) is 155 Å². The fraction of sp³-hybridized carbons (Fsp3) is 0.0735.